The molecule has 1 saturated carbocycles. The van der Waals surface area contributed by atoms with Crippen molar-refractivity contribution >= 4 is 5.91 Å². The second-order valence-corrected chi connectivity index (χ2v) is 4.94. The van der Waals surface area contributed by atoms with Gasteiger partial charge < -0.3 is 15.8 Å². The van der Waals surface area contributed by atoms with Crippen LogP contribution in [0.25, 0.3) is 0 Å². The number of hydrogen-bond donors (Lipinski definition) is 2. The van der Waals surface area contributed by atoms with Crippen LogP contribution in [0.4, 0.5) is 0 Å². The van der Waals surface area contributed by atoms with Crippen molar-refractivity contribution in [3.8, 4) is 0 Å². The molecule has 0 aromatic rings. The quantitative estimate of drug-likeness (QED) is 0.712. The van der Waals surface area contributed by atoms with Crippen LogP contribution in [-0.4, -0.2) is 30.7 Å². The van der Waals surface area contributed by atoms with E-state index in [0.717, 1.165) is 32.3 Å². The summed E-state index contributed by atoms with van der Waals surface area (Å²) in [5.74, 6) is 0.363. The molecule has 1 saturated heterocycles. The molecule has 2 unspecified atom stereocenters. The van der Waals surface area contributed by atoms with E-state index in [-0.39, 0.29) is 11.9 Å². The van der Waals surface area contributed by atoms with Crippen LogP contribution in [0.1, 0.15) is 32.6 Å². The lowest BCUT2D eigenvalue weighted by atomic mass is 9.95. The molecule has 0 aromatic carbocycles. The van der Waals surface area contributed by atoms with Crippen LogP contribution in [0.5, 0.6) is 0 Å². The average Bonchev–Trinajstić information content (AvgIpc) is 3.02. The number of amides is 1. The van der Waals surface area contributed by atoms with Gasteiger partial charge in [-0.2, -0.15) is 0 Å². The molecule has 3 N–H and O–H groups in total. The molecular weight excluding hydrogens is 192 g/mol. The molecule has 0 spiro atoms. The molecule has 1 amide bonds. The Kier molecular flexibility index (Phi) is 2.98. The standard InChI is InChI=1S/C11H20N2O2/c1-11(12,8-4-5-8)10(14)13-9-3-2-6-15-7-9/h8-9H,2-7,12H2,1H3,(H,13,14). The Morgan fingerprint density at radius 1 is 1.47 bits per heavy atom. The van der Waals surface area contributed by atoms with Crippen LogP contribution >= 0.6 is 0 Å². The molecule has 0 bridgehead atoms. The highest BCUT2D eigenvalue weighted by molar-refractivity contribution is 5.86. The van der Waals surface area contributed by atoms with E-state index in [9.17, 15) is 4.79 Å². The van der Waals surface area contributed by atoms with Crippen molar-refractivity contribution in [2.75, 3.05) is 13.2 Å². The van der Waals surface area contributed by atoms with Crippen LogP contribution in [0.2, 0.25) is 0 Å². The van der Waals surface area contributed by atoms with E-state index >= 15 is 0 Å². The average molecular weight is 212 g/mol. The fourth-order valence-electron chi connectivity index (χ4n) is 2.06. The first kappa shape index (κ1) is 10.9. The minimum Gasteiger partial charge on any atom is -0.379 e. The summed E-state index contributed by atoms with van der Waals surface area (Å²) in [6.07, 6.45) is 4.20. The summed E-state index contributed by atoms with van der Waals surface area (Å²) in [4.78, 5) is 11.9. The van der Waals surface area contributed by atoms with E-state index in [4.69, 9.17) is 10.5 Å². The van der Waals surface area contributed by atoms with Crippen molar-refractivity contribution in [2.24, 2.45) is 11.7 Å². The Bertz CT molecular complexity index is 243. The molecule has 1 heterocycles. The van der Waals surface area contributed by atoms with Crippen molar-refractivity contribution in [1.82, 2.24) is 5.32 Å². The number of carbonyl (C=O) groups is 1. The molecule has 1 aliphatic carbocycles. The molecule has 1 aliphatic heterocycles. The lowest BCUT2D eigenvalue weighted by molar-refractivity contribution is -0.128. The lowest BCUT2D eigenvalue weighted by Crippen LogP contribution is -2.56. The van der Waals surface area contributed by atoms with Crippen LogP contribution in [0, 0.1) is 5.92 Å². The van der Waals surface area contributed by atoms with Gasteiger partial charge in [0.05, 0.1) is 18.2 Å². The molecule has 2 fully saturated rings. The fourth-order valence-corrected chi connectivity index (χ4v) is 2.06. The summed E-state index contributed by atoms with van der Waals surface area (Å²) in [5, 5.41) is 2.99. The SMILES string of the molecule is CC(N)(C(=O)NC1CCCOC1)C1CC1. The number of nitrogens with one attached hydrogen (secondary N) is 1. The number of nitrogens with two attached hydrogens (primary N) is 1. The molecule has 2 atom stereocenters. The predicted octanol–water partition coefficient (Wildman–Crippen LogP) is 0.409. The second-order valence-electron chi connectivity index (χ2n) is 4.94. The number of hydrogen-bond acceptors (Lipinski definition) is 3. The first-order valence-corrected chi connectivity index (χ1v) is 5.78. The van der Waals surface area contributed by atoms with Crippen LogP contribution in [-0.2, 0) is 9.53 Å². The van der Waals surface area contributed by atoms with Gasteiger partial charge in [0.2, 0.25) is 5.91 Å². The van der Waals surface area contributed by atoms with Crippen molar-refractivity contribution in [3.63, 3.8) is 0 Å². The van der Waals surface area contributed by atoms with Crippen LogP contribution in [0.15, 0.2) is 0 Å². The zero-order valence-electron chi connectivity index (χ0n) is 9.29. The third-order valence-electron chi connectivity index (χ3n) is 3.41. The summed E-state index contributed by atoms with van der Waals surface area (Å²) in [6.45, 7) is 3.28. The minimum absolute atomic E-state index is 0.0134. The van der Waals surface area contributed by atoms with E-state index in [1.165, 1.54) is 0 Å². The van der Waals surface area contributed by atoms with Gasteiger partial charge >= 0.3 is 0 Å². The summed E-state index contributed by atoms with van der Waals surface area (Å²) in [7, 11) is 0. The smallest absolute Gasteiger partial charge is 0.240 e. The maximum Gasteiger partial charge on any atom is 0.240 e. The highest BCUT2D eigenvalue weighted by Gasteiger charge is 2.44. The molecule has 2 aliphatic rings. The highest BCUT2D eigenvalue weighted by atomic mass is 16.5. The van der Waals surface area contributed by atoms with Crippen molar-refractivity contribution in [3.05, 3.63) is 0 Å². The Morgan fingerprint density at radius 3 is 2.73 bits per heavy atom. The summed E-state index contributed by atoms with van der Waals surface area (Å²) in [6, 6.07) is 0.160. The van der Waals surface area contributed by atoms with Gasteiger partial charge in [-0.25, -0.2) is 0 Å². The Labute approximate surface area is 90.5 Å². The molecule has 0 radical (unpaired) electrons. The first-order valence-electron chi connectivity index (χ1n) is 5.78. The first-order chi connectivity index (χ1) is 7.10. The Hall–Kier alpha value is -0.610. The molecule has 4 heteroatoms. The van der Waals surface area contributed by atoms with Crippen molar-refractivity contribution in [2.45, 2.75) is 44.2 Å². The van der Waals surface area contributed by atoms with E-state index in [1.807, 2.05) is 6.92 Å². The maximum atomic E-state index is 11.9. The molecule has 15 heavy (non-hydrogen) atoms. The van der Waals surface area contributed by atoms with Gasteiger partial charge in [-0.05, 0) is 38.5 Å². The zero-order chi connectivity index (χ0) is 10.9. The minimum atomic E-state index is -0.683. The third kappa shape index (κ3) is 2.49. The van der Waals surface area contributed by atoms with Gasteiger partial charge in [0, 0.05) is 6.61 Å². The van der Waals surface area contributed by atoms with Crippen molar-refractivity contribution in [1.29, 1.82) is 0 Å². The van der Waals surface area contributed by atoms with Gasteiger partial charge in [0.15, 0.2) is 0 Å². The molecule has 86 valence electrons. The van der Waals surface area contributed by atoms with E-state index in [0.29, 0.717) is 12.5 Å². The highest BCUT2D eigenvalue weighted by Crippen LogP contribution is 2.38. The van der Waals surface area contributed by atoms with E-state index in [1.54, 1.807) is 0 Å². The summed E-state index contributed by atoms with van der Waals surface area (Å²) in [5.41, 5.74) is 5.35. The number of rotatable bonds is 3. The van der Waals surface area contributed by atoms with Gasteiger partial charge in [0.25, 0.3) is 0 Å². The maximum absolute atomic E-state index is 11.9. The second kappa shape index (κ2) is 4.10. The Morgan fingerprint density at radius 2 is 2.20 bits per heavy atom. The van der Waals surface area contributed by atoms with Crippen LogP contribution < -0.4 is 11.1 Å². The van der Waals surface area contributed by atoms with Crippen LogP contribution in [0.3, 0.4) is 0 Å². The molecule has 0 aromatic heterocycles. The normalized spacial score (nSPS) is 30.7. The van der Waals surface area contributed by atoms with Crippen molar-refractivity contribution < 1.29 is 9.53 Å². The monoisotopic (exact) mass is 212 g/mol. The molecule has 2 rings (SSSR count). The predicted molar refractivity (Wildman–Crippen MR) is 57.3 cm³/mol. The summed E-state index contributed by atoms with van der Waals surface area (Å²) >= 11 is 0. The van der Waals surface area contributed by atoms with E-state index in [2.05, 4.69) is 5.32 Å². The number of ether oxygens (including phenoxy) is 1. The third-order valence-corrected chi connectivity index (χ3v) is 3.41. The topological polar surface area (TPSA) is 64.4 Å². The summed E-state index contributed by atoms with van der Waals surface area (Å²) < 4.78 is 5.32. The zero-order valence-corrected chi connectivity index (χ0v) is 9.29. The van der Waals surface area contributed by atoms with Gasteiger partial charge in [-0.3, -0.25) is 4.79 Å². The fraction of sp³-hybridized carbons (Fsp3) is 0.909. The van der Waals surface area contributed by atoms with Gasteiger partial charge in [0.1, 0.15) is 0 Å². The van der Waals surface area contributed by atoms with Gasteiger partial charge in [-0.15, -0.1) is 0 Å². The molecule has 4 nitrogen and oxygen atoms in total. The Balaban J connectivity index is 1.84. The lowest BCUT2D eigenvalue weighted by Gasteiger charge is -2.29. The van der Waals surface area contributed by atoms with E-state index < -0.39 is 5.54 Å². The largest absolute Gasteiger partial charge is 0.379 e. The molecular formula is C11H20N2O2. The van der Waals surface area contributed by atoms with Gasteiger partial charge in [-0.1, -0.05) is 0 Å². The number of carbonyl (C=O) groups excluding carboxylic acids is 1.